The maximum absolute atomic E-state index is 12.1. The minimum atomic E-state index is -0.0566. The Hall–Kier alpha value is -0.960. The van der Waals surface area contributed by atoms with E-state index in [4.69, 9.17) is 16.0 Å². The van der Waals surface area contributed by atoms with Crippen molar-refractivity contribution in [3.8, 4) is 0 Å². The Labute approximate surface area is 108 Å². The molecule has 0 bridgehead atoms. The van der Waals surface area contributed by atoms with E-state index in [0.29, 0.717) is 17.2 Å². The zero-order valence-corrected chi connectivity index (χ0v) is 11.6. The number of alkyl halides is 1. The molecule has 0 aliphatic carbocycles. The second-order valence-corrected chi connectivity index (χ2v) is 4.80. The number of rotatable bonds is 5. The quantitative estimate of drug-likeness (QED) is 0.822. The molecule has 1 N–H and O–H groups in total. The molecule has 0 saturated heterocycles. The summed E-state index contributed by atoms with van der Waals surface area (Å²) in [5, 5.41) is 2.97. The monoisotopic (exact) mass is 257 g/mol. The molecular formula is C13H20ClNO2. The Morgan fingerprint density at radius 1 is 1.35 bits per heavy atom. The number of halogens is 1. The van der Waals surface area contributed by atoms with E-state index >= 15 is 0 Å². The first-order chi connectivity index (χ1) is 7.97. The topological polar surface area (TPSA) is 42.2 Å². The van der Waals surface area contributed by atoms with Crippen LogP contribution < -0.4 is 5.32 Å². The zero-order valence-electron chi connectivity index (χ0n) is 10.9. The summed E-state index contributed by atoms with van der Waals surface area (Å²) < 4.78 is 5.45. The Morgan fingerprint density at radius 2 is 2.00 bits per heavy atom. The number of carbonyl (C=O) groups is 1. The number of amides is 1. The highest BCUT2D eigenvalue weighted by atomic mass is 35.5. The Bertz CT molecular complexity index is 398. The van der Waals surface area contributed by atoms with Crippen molar-refractivity contribution >= 4 is 17.5 Å². The minimum absolute atomic E-state index is 0.0566. The number of hydrogen-bond acceptors (Lipinski definition) is 2. The van der Waals surface area contributed by atoms with Gasteiger partial charge in [0.2, 0.25) is 0 Å². The standard InChI is InChI=1S/C13H20ClNO2/c1-8(6-5-7-14)15-13(16)12-9(2)10(3)17-11(12)4/h8H,5-7H2,1-4H3,(H,15,16). The second-order valence-electron chi connectivity index (χ2n) is 4.42. The fourth-order valence-corrected chi connectivity index (χ4v) is 2.03. The molecule has 0 saturated carbocycles. The number of carbonyl (C=O) groups excluding carboxylic acids is 1. The fourth-order valence-electron chi connectivity index (χ4n) is 1.88. The maximum atomic E-state index is 12.1. The van der Waals surface area contributed by atoms with Gasteiger partial charge in [-0.2, -0.15) is 0 Å². The van der Waals surface area contributed by atoms with Gasteiger partial charge in [0.05, 0.1) is 5.56 Å². The van der Waals surface area contributed by atoms with Crippen LogP contribution in [0.1, 0.15) is 47.2 Å². The third-order valence-corrected chi connectivity index (χ3v) is 3.20. The first kappa shape index (κ1) is 14.1. The van der Waals surface area contributed by atoms with Crippen LogP contribution in [-0.4, -0.2) is 17.8 Å². The molecule has 1 amide bonds. The number of hydrogen-bond donors (Lipinski definition) is 1. The molecule has 1 rings (SSSR count). The number of furan rings is 1. The van der Waals surface area contributed by atoms with E-state index in [-0.39, 0.29) is 11.9 Å². The van der Waals surface area contributed by atoms with E-state index in [9.17, 15) is 4.79 Å². The van der Waals surface area contributed by atoms with Gasteiger partial charge in [-0.3, -0.25) is 4.79 Å². The average Bonchev–Trinajstić information content (AvgIpc) is 2.50. The molecule has 0 spiro atoms. The molecule has 0 fully saturated rings. The molecule has 0 aliphatic heterocycles. The van der Waals surface area contributed by atoms with Crippen LogP contribution in [0.25, 0.3) is 0 Å². The van der Waals surface area contributed by atoms with Crippen molar-refractivity contribution in [1.29, 1.82) is 0 Å². The van der Waals surface area contributed by atoms with Gasteiger partial charge in [-0.1, -0.05) is 0 Å². The van der Waals surface area contributed by atoms with Crippen molar-refractivity contribution in [2.45, 2.75) is 46.6 Å². The molecule has 96 valence electrons. The third kappa shape index (κ3) is 3.50. The second kappa shape index (κ2) is 6.10. The van der Waals surface area contributed by atoms with Crippen LogP contribution in [-0.2, 0) is 0 Å². The van der Waals surface area contributed by atoms with E-state index in [1.807, 2.05) is 27.7 Å². The molecule has 0 radical (unpaired) electrons. The molecule has 1 heterocycles. The number of nitrogens with one attached hydrogen (secondary N) is 1. The van der Waals surface area contributed by atoms with Gasteiger partial charge in [0.1, 0.15) is 11.5 Å². The first-order valence-corrected chi connectivity index (χ1v) is 6.44. The van der Waals surface area contributed by atoms with Crippen molar-refractivity contribution in [3.63, 3.8) is 0 Å². The molecule has 1 aromatic rings. The predicted octanol–water partition coefficient (Wildman–Crippen LogP) is 3.34. The highest BCUT2D eigenvalue weighted by molar-refractivity contribution is 6.17. The zero-order chi connectivity index (χ0) is 13.0. The Balaban J connectivity index is 2.70. The van der Waals surface area contributed by atoms with Gasteiger partial charge >= 0.3 is 0 Å². The van der Waals surface area contributed by atoms with Gasteiger partial charge in [0.25, 0.3) is 5.91 Å². The highest BCUT2D eigenvalue weighted by Gasteiger charge is 2.19. The van der Waals surface area contributed by atoms with E-state index in [1.165, 1.54) is 0 Å². The maximum Gasteiger partial charge on any atom is 0.255 e. The lowest BCUT2D eigenvalue weighted by molar-refractivity contribution is 0.0936. The van der Waals surface area contributed by atoms with Crippen LogP contribution >= 0.6 is 11.6 Å². The van der Waals surface area contributed by atoms with Gasteiger partial charge in [0, 0.05) is 17.5 Å². The molecule has 0 aliphatic rings. The molecule has 4 heteroatoms. The summed E-state index contributed by atoms with van der Waals surface area (Å²) in [5.74, 6) is 2.06. The van der Waals surface area contributed by atoms with Crippen LogP contribution in [0, 0.1) is 20.8 Å². The van der Waals surface area contributed by atoms with E-state index < -0.39 is 0 Å². The van der Waals surface area contributed by atoms with Gasteiger partial charge in [-0.15, -0.1) is 11.6 Å². The summed E-state index contributed by atoms with van der Waals surface area (Å²) in [4.78, 5) is 12.1. The molecule has 0 aromatic carbocycles. The van der Waals surface area contributed by atoms with Crippen molar-refractivity contribution in [3.05, 3.63) is 22.6 Å². The van der Waals surface area contributed by atoms with Crippen molar-refractivity contribution in [1.82, 2.24) is 5.32 Å². The lowest BCUT2D eigenvalue weighted by atomic mass is 10.1. The van der Waals surface area contributed by atoms with Crippen LogP contribution in [0.3, 0.4) is 0 Å². The SMILES string of the molecule is Cc1oc(C)c(C(=O)NC(C)CCCCl)c1C. The average molecular weight is 258 g/mol. The summed E-state index contributed by atoms with van der Waals surface area (Å²) in [6.45, 7) is 7.58. The highest BCUT2D eigenvalue weighted by Crippen LogP contribution is 2.20. The van der Waals surface area contributed by atoms with Crippen molar-refractivity contribution in [2.24, 2.45) is 0 Å². The van der Waals surface area contributed by atoms with Crippen molar-refractivity contribution < 1.29 is 9.21 Å². The summed E-state index contributed by atoms with van der Waals surface area (Å²) in [6.07, 6.45) is 1.80. The Morgan fingerprint density at radius 3 is 2.47 bits per heavy atom. The molecule has 17 heavy (non-hydrogen) atoms. The molecule has 1 unspecified atom stereocenters. The molecule has 1 aromatic heterocycles. The van der Waals surface area contributed by atoms with Gasteiger partial charge in [-0.25, -0.2) is 0 Å². The van der Waals surface area contributed by atoms with Crippen molar-refractivity contribution in [2.75, 3.05) is 5.88 Å². The summed E-state index contributed by atoms with van der Waals surface area (Å²) in [5.41, 5.74) is 1.59. The lowest BCUT2D eigenvalue weighted by Crippen LogP contribution is -2.33. The third-order valence-electron chi connectivity index (χ3n) is 2.94. The summed E-state index contributed by atoms with van der Waals surface area (Å²) >= 11 is 5.63. The molecule has 1 atom stereocenters. The number of aryl methyl sites for hydroxylation is 2. The van der Waals surface area contributed by atoms with Crippen LogP contribution in [0.15, 0.2) is 4.42 Å². The molecular weight excluding hydrogens is 238 g/mol. The summed E-state index contributed by atoms with van der Waals surface area (Å²) in [6, 6.07) is 0.134. The lowest BCUT2D eigenvalue weighted by Gasteiger charge is -2.13. The van der Waals surface area contributed by atoms with Gasteiger partial charge in [-0.05, 0) is 40.5 Å². The van der Waals surface area contributed by atoms with Gasteiger partial charge in [0.15, 0.2) is 0 Å². The van der Waals surface area contributed by atoms with E-state index in [1.54, 1.807) is 0 Å². The van der Waals surface area contributed by atoms with Crippen LogP contribution in [0.2, 0.25) is 0 Å². The van der Waals surface area contributed by atoms with E-state index in [0.717, 1.165) is 24.2 Å². The normalized spacial score (nSPS) is 12.5. The molecule has 3 nitrogen and oxygen atoms in total. The largest absolute Gasteiger partial charge is 0.466 e. The predicted molar refractivity (Wildman–Crippen MR) is 69.8 cm³/mol. The van der Waals surface area contributed by atoms with E-state index in [2.05, 4.69) is 5.32 Å². The smallest absolute Gasteiger partial charge is 0.255 e. The fraction of sp³-hybridized carbons (Fsp3) is 0.615. The van der Waals surface area contributed by atoms with Gasteiger partial charge < -0.3 is 9.73 Å². The first-order valence-electron chi connectivity index (χ1n) is 5.90. The minimum Gasteiger partial charge on any atom is -0.466 e. The summed E-state index contributed by atoms with van der Waals surface area (Å²) in [7, 11) is 0. The Kier molecular flexibility index (Phi) is 5.06. The van der Waals surface area contributed by atoms with Crippen LogP contribution in [0.5, 0.6) is 0 Å². The van der Waals surface area contributed by atoms with Crippen LogP contribution in [0.4, 0.5) is 0 Å².